The highest BCUT2D eigenvalue weighted by molar-refractivity contribution is 5.99. The topological polar surface area (TPSA) is 112 Å². The van der Waals surface area contributed by atoms with Gasteiger partial charge in [0.25, 0.3) is 0 Å². The number of nitrogens with one attached hydrogen (secondary N) is 1. The number of anilines is 1. The number of nitriles is 1. The van der Waals surface area contributed by atoms with E-state index < -0.39 is 11.7 Å². The van der Waals surface area contributed by atoms with Gasteiger partial charge in [-0.15, -0.1) is 0 Å². The van der Waals surface area contributed by atoms with E-state index in [4.69, 9.17) is 14.5 Å². The highest BCUT2D eigenvalue weighted by Crippen LogP contribution is 2.35. The molecule has 1 saturated heterocycles. The molecule has 0 saturated carbocycles. The maximum Gasteiger partial charge on any atom is 0.414 e. The molecule has 1 aliphatic rings. The van der Waals surface area contributed by atoms with Gasteiger partial charge < -0.3 is 19.4 Å². The Kier molecular flexibility index (Phi) is 8.32. The molecule has 1 aromatic heterocycles. The number of benzene rings is 3. The Balaban J connectivity index is 1.45. The molecule has 0 bridgehead atoms. The van der Waals surface area contributed by atoms with Crippen molar-refractivity contribution in [2.45, 2.75) is 71.4 Å². The van der Waals surface area contributed by atoms with E-state index in [1.54, 1.807) is 9.80 Å². The molecule has 0 spiro atoms. The van der Waals surface area contributed by atoms with Crippen molar-refractivity contribution >= 4 is 39.7 Å². The first kappa shape index (κ1) is 29.9. The molecule has 1 aliphatic heterocycles. The molecule has 0 aliphatic carbocycles. The largest absolute Gasteiger partial charge is 0.452 e. The molecule has 0 radical (unpaired) electrons. The summed E-state index contributed by atoms with van der Waals surface area (Å²) in [7, 11) is 1.37. The second-order valence-corrected chi connectivity index (χ2v) is 12.4. The summed E-state index contributed by atoms with van der Waals surface area (Å²) in [5, 5.41) is 11.7. The maximum atomic E-state index is 13.1. The lowest BCUT2D eigenvalue weighted by atomic mass is 9.87. The van der Waals surface area contributed by atoms with Crippen molar-refractivity contribution in [2.75, 3.05) is 25.1 Å². The van der Waals surface area contributed by atoms with Crippen molar-refractivity contribution in [3.8, 4) is 6.07 Å². The molecule has 43 heavy (non-hydrogen) atoms. The number of rotatable bonds is 5. The van der Waals surface area contributed by atoms with Gasteiger partial charge in [-0.2, -0.15) is 5.26 Å². The number of fused-ring (bicyclic) bond motifs is 2. The van der Waals surface area contributed by atoms with Crippen LogP contribution >= 0.6 is 0 Å². The van der Waals surface area contributed by atoms with Crippen LogP contribution in [0, 0.1) is 11.3 Å². The summed E-state index contributed by atoms with van der Waals surface area (Å²) in [6, 6.07) is 18.0. The van der Waals surface area contributed by atoms with E-state index in [-0.39, 0.29) is 24.5 Å². The van der Waals surface area contributed by atoms with E-state index in [1.165, 1.54) is 7.11 Å². The second-order valence-electron chi connectivity index (χ2n) is 12.4. The van der Waals surface area contributed by atoms with Crippen LogP contribution in [0.5, 0.6) is 0 Å². The number of likely N-dealkylation sites (tertiary alicyclic amines) is 1. The van der Waals surface area contributed by atoms with Gasteiger partial charge in [0.15, 0.2) is 0 Å². The molecule has 4 aromatic rings. The van der Waals surface area contributed by atoms with Crippen molar-refractivity contribution in [3.05, 3.63) is 71.0 Å². The quantitative estimate of drug-likeness (QED) is 0.260. The Morgan fingerprint density at radius 1 is 1.12 bits per heavy atom. The van der Waals surface area contributed by atoms with Gasteiger partial charge in [0.1, 0.15) is 16.9 Å². The zero-order chi connectivity index (χ0) is 30.9. The van der Waals surface area contributed by atoms with Crippen molar-refractivity contribution in [2.24, 2.45) is 0 Å². The van der Waals surface area contributed by atoms with Crippen molar-refractivity contribution in [3.63, 3.8) is 0 Å². The zero-order valence-corrected chi connectivity index (χ0v) is 25.7. The summed E-state index contributed by atoms with van der Waals surface area (Å²) in [5.74, 6) is 1.31. The molecule has 9 heteroatoms. The summed E-state index contributed by atoms with van der Waals surface area (Å²) in [6.07, 6.45) is 0.859. The number of para-hydroxylation sites is 1. The number of aromatic amines is 1. The second kappa shape index (κ2) is 12.0. The van der Waals surface area contributed by atoms with Crippen molar-refractivity contribution in [1.29, 1.82) is 5.26 Å². The number of aromatic nitrogens is 2. The van der Waals surface area contributed by atoms with E-state index in [9.17, 15) is 14.9 Å². The van der Waals surface area contributed by atoms with Crippen LogP contribution in [-0.4, -0.2) is 52.9 Å². The highest BCUT2D eigenvalue weighted by atomic mass is 16.6. The number of carbonyl (C=O) groups excluding carboxylic acids is 2. The van der Waals surface area contributed by atoms with Gasteiger partial charge >= 0.3 is 12.2 Å². The number of ether oxygens (including phenoxy) is 2. The van der Waals surface area contributed by atoms with E-state index in [2.05, 4.69) is 37.0 Å². The lowest BCUT2D eigenvalue weighted by molar-refractivity contribution is 0.0205. The van der Waals surface area contributed by atoms with Gasteiger partial charge in [0, 0.05) is 24.4 Å². The summed E-state index contributed by atoms with van der Waals surface area (Å²) < 4.78 is 10.8. The standard InChI is InChI=1S/C34H39N5O4/c1-21(2)31-36-28-8-7-9-29(30(28)37-31)39(33(41)42-6)20-25-11-10-24(19-35)27-18-23(12-13-26(25)27)22-14-16-38(17-15-22)32(40)43-34(3,4)5/h7-13,18,21-22H,14-17,20H2,1-6H3,(H,36,37). The SMILES string of the molecule is COC(=O)N(Cc1ccc(C#N)c2cc(C3CCN(C(=O)OC(C)(C)C)CC3)ccc12)c1cccc2[nH]c(C(C)C)nc12. The predicted octanol–water partition coefficient (Wildman–Crippen LogP) is 7.60. The van der Waals surface area contributed by atoms with Crippen LogP contribution in [0.4, 0.5) is 15.3 Å². The minimum absolute atomic E-state index is 0.202. The van der Waals surface area contributed by atoms with Gasteiger partial charge in [-0.25, -0.2) is 14.6 Å². The van der Waals surface area contributed by atoms with E-state index in [0.29, 0.717) is 29.9 Å². The van der Waals surface area contributed by atoms with Crippen LogP contribution in [0.3, 0.4) is 0 Å². The first-order chi connectivity index (χ1) is 20.5. The molecule has 1 fully saturated rings. The Labute approximate surface area is 252 Å². The van der Waals surface area contributed by atoms with Crippen LogP contribution in [0.2, 0.25) is 0 Å². The number of imidazole rings is 1. The number of nitrogens with zero attached hydrogens (tertiary/aromatic N) is 4. The van der Waals surface area contributed by atoms with Crippen molar-refractivity contribution < 1.29 is 19.1 Å². The molecule has 9 nitrogen and oxygen atoms in total. The molecule has 2 amide bonds. The molecule has 5 rings (SSSR count). The van der Waals surface area contributed by atoms with Crippen LogP contribution in [0.25, 0.3) is 21.8 Å². The van der Waals surface area contributed by atoms with Gasteiger partial charge in [-0.1, -0.05) is 38.1 Å². The normalized spacial score (nSPS) is 14.2. The average Bonchev–Trinajstić information content (AvgIpc) is 3.44. The number of carbonyl (C=O) groups is 2. The maximum absolute atomic E-state index is 13.1. The van der Waals surface area contributed by atoms with Crippen LogP contribution in [0.1, 0.15) is 81.8 Å². The van der Waals surface area contributed by atoms with E-state index in [0.717, 1.165) is 46.1 Å². The summed E-state index contributed by atoms with van der Waals surface area (Å²) in [4.78, 5) is 37.2. The molecule has 3 aromatic carbocycles. The smallest absolute Gasteiger partial charge is 0.414 e. The molecule has 224 valence electrons. The fourth-order valence-electron chi connectivity index (χ4n) is 5.70. The van der Waals surface area contributed by atoms with Crippen LogP contribution < -0.4 is 4.90 Å². The van der Waals surface area contributed by atoms with Crippen molar-refractivity contribution in [1.82, 2.24) is 14.9 Å². The fourth-order valence-corrected chi connectivity index (χ4v) is 5.70. The van der Waals surface area contributed by atoms with Gasteiger partial charge in [0.05, 0.1) is 36.5 Å². The monoisotopic (exact) mass is 581 g/mol. The number of hydrogen-bond acceptors (Lipinski definition) is 6. The minimum atomic E-state index is -0.525. The molecular weight excluding hydrogens is 542 g/mol. The zero-order valence-electron chi connectivity index (χ0n) is 25.7. The Hall–Kier alpha value is -4.58. The Morgan fingerprint density at radius 3 is 2.51 bits per heavy atom. The Bertz CT molecular complexity index is 1700. The number of amides is 2. The summed E-state index contributed by atoms with van der Waals surface area (Å²) in [6.45, 7) is 11.2. The molecular formula is C34H39N5O4. The molecule has 0 atom stereocenters. The molecule has 0 unspecified atom stereocenters. The third kappa shape index (κ3) is 6.29. The van der Waals surface area contributed by atoms with Gasteiger partial charge in [-0.05, 0) is 80.3 Å². The third-order valence-corrected chi connectivity index (χ3v) is 7.94. The van der Waals surface area contributed by atoms with Gasteiger partial charge in [0.2, 0.25) is 0 Å². The lowest BCUT2D eigenvalue weighted by Crippen LogP contribution is -2.41. The van der Waals surface area contributed by atoms with E-state index >= 15 is 0 Å². The fraction of sp³-hybridized carbons (Fsp3) is 0.412. The minimum Gasteiger partial charge on any atom is -0.452 e. The summed E-state index contributed by atoms with van der Waals surface area (Å²) >= 11 is 0. The molecule has 1 N–H and O–H groups in total. The number of methoxy groups -OCH3 is 1. The number of hydrogen-bond donors (Lipinski definition) is 1. The third-order valence-electron chi connectivity index (χ3n) is 7.94. The number of piperidine rings is 1. The van der Waals surface area contributed by atoms with Gasteiger partial charge in [-0.3, -0.25) is 4.90 Å². The summed E-state index contributed by atoms with van der Waals surface area (Å²) in [5.41, 5.74) is 4.28. The van der Waals surface area contributed by atoms with Crippen LogP contribution in [0.15, 0.2) is 48.5 Å². The van der Waals surface area contributed by atoms with Crippen LogP contribution in [-0.2, 0) is 16.0 Å². The van der Waals surface area contributed by atoms with E-state index in [1.807, 2.05) is 57.2 Å². The Morgan fingerprint density at radius 2 is 1.86 bits per heavy atom. The average molecular weight is 582 g/mol. The first-order valence-electron chi connectivity index (χ1n) is 14.8. The first-order valence-corrected chi connectivity index (χ1v) is 14.8. The highest BCUT2D eigenvalue weighted by Gasteiger charge is 2.28. The number of H-pyrrole nitrogens is 1. The molecule has 2 heterocycles. The lowest BCUT2D eigenvalue weighted by Gasteiger charge is -2.33. The predicted molar refractivity (Wildman–Crippen MR) is 167 cm³/mol.